The predicted octanol–water partition coefficient (Wildman–Crippen LogP) is 4.98. The minimum Gasteiger partial charge on any atom is -0.366 e. The zero-order valence-corrected chi connectivity index (χ0v) is 22.0. The summed E-state index contributed by atoms with van der Waals surface area (Å²) in [6.45, 7) is 3.02. The molecule has 10 heteroatoms. The van der Waals surface area contributed by atoms with Gasteiger partial charge in [-0.1, -0.05) is 59.1 Å². The van der Waals surface area contributed by atoms with Crippen molar-refractivity contribution >= 4 is 44.8 Å². The Kier molecular flexibility index (Phi) is 8.20. The molecular formula is C26H26Cl2FN3O3S. The molecule has 1 saturated heterocycles. The van der Waals surface area contributed by atoms with E-state index in [1.165, 1.54) is 18.2 Å². The van der Waals surface area contributed by atoms with Gasteiger partial charge in [-0.25, -0.2) is 12.8 Å². The lowest BCUT2D eigenvalue weighted by atomic mass is 10.2. The summed E-state index contributed by atoms with van der Waals surface area (Å²) in [5.41, 5.74) is 1.95. The van der Waals surface area contributed by atoms with Crippen molar-refractivity contribution in [2.75, 3.05) is 37.6 Å². The van der Waals surface area contributed by atoms with E-state index in [2.05, 4.69) is 0 Å². The fourth-order valence-electron chi connectivity index (χ4n) is 4.08. The van der Waals surface area contributed by atoms with Crippen molar-refractivity contribution in [1.82, 2.24) is 9.21 Å². The molecule has 190 valence electrons. The van der Waals surface area contributed by atoms with Crippen LogP contribution >= 0.6 is 23.2 Å². The molecule has 1 fully saturated rings. The highest BCUT2D eigenvalue weighted by atomic mass is 35.5. The van der Waals surface area contributed by atoms with Crippen LogP contribution < -0.4 is 4.90 Å². The quantitative estimate of drug-likeness (QED) is 0.417. The molecule has 0 N–H and O–H groups in total. The highest BCUT2D eigenvalue weighted by molar-refractivity contribution is 7.89. The lowest BCUT2D eigenvalue weighted by molar-refractivity contribution is -0.131. The van der Waals surface area contributed by atoms with E-state index in [1.807, 2.05) is 11.8 Å². The van der Waals surface area contributed by atoms with Gasteiger partial charge in [0.25, 0.3) is 0 Å². The maximum absolute atomic E-state index is 14.2. The molecule has 1 amide bonds. The van der Waals surface area contributed by atoms with E-state index in [4.69, 9.17) is 23.2 Å². The van der Waals surface area contributed by atoms with Crippen molar-refractivity contribution < 1.29 is 17.6 Å². The van der Waals surface area contributed by atoms with Gasteiger partial charge >= 0.3 is 0 Å². The van der Waals surface area contributed by atoms with Crippen LogP contribution in [0.2, 0.25) is 10.0 Å². The van der Waals surface area contributed by atoms with Crippen LogP contribution in [-0.2, 0) is 21.4 Å². The Labute approximate surface area is 220 Å². The van der Waals surface area contributed by atoms with Crippen molar-refractivity contribution in [3.63, 3.8) is 0 Å². The van der Waals surface area contributed by atoms with Crippen molar-refractivity contribution in [1.29, 1.82) is 0 Å². The number of piperazine rings is 1. The van der Waals surface area contributed by atoms with E-state index >= 15 is 0 Å². The van der Waals surface area contributed by atoms with Crippen LogP contribution in [0.15, 0.2) is 71.6 Å². The largest absolute Gasteiger partial charge is 0.366 e. The first-order chi connectivity index (χ1) is 17.1. The maximum Gasteiger partial charge on any atom is 0.243 e. The van der Waals surface area contributed by atoms with E-state index in [0.29, 0.717) is 47.5 Å². The number of hydrogen-bond donors (Lipinski definition) is 0. The number of sulfonamides is 1. The second-order valence-corrected chi connectivity index (χ2v) is 11.4. The zero-order valence-electron chi connectivity index (χ0n) is 19.7. The average molecular weight is 550 g/mol. The van der Waals surface area contributed by atoms with Crippen LogP contribution in [0, 0.1) is 12.7 Å². The van der Waals surface area contributed by atoms with Gasteiger partial charge in [-0.3, -0.25) is 4.79 Å². The third-order valence-corrected chi connectivity index (χ3v) is 8.55. The third-order valence-electron chi connectivity index (χ3n) is 6.16. The van der Waals surface area contributed by atoms with Gasteiger partial charge in [0.1, 0.15) is 5.82 Å². The smallest absolute Gasteiger partial charge is 0.243 e. The van der Waals surface area contributed by atoms with Gasteiger partial charge in [-0.2, -0.15) is 4.31 Å². The monoisotopic (exact) mass is 549 g/mol. The average Bonchev–Trinajstić information content (AvgIpc) is 2.85. The molecule has 0 aliphatic carbocycles. The van der Waals surface area contributed by atoms with Crippen molar-refractivity contribution in [3.8, 4) is 0 Å². The Morgan fingerprint density at radius 2 is 1.64 bits per heavy atom. The van der Waals surface area contributed by atoms with Crippen LogP contribution in [-0.4, -0.2) is 56.3 Å². The molecule has 0 bridgehead atoms. The fourth-order valence-corrected chi connectivity index (χ4v) is 5.92. The lowest BCUT2D eigenvalue weighted by Crippen LogP contribution is -2.52. The molecule has 1 aliphatic heterocycles. The second-order valence-electron chi connectivity index (χ2n) is 8.64. The van der Waals surface area contributed by atoms with Crippen molar-refractivity contribution in [2.24, 2.45) is 0 Å². The van der Waals surface area contributed by atoms with Gasteiger partial charge in [0.15, 0.2) is 0 Å². The lowest BCUT2D eigenvalue weighted by Gasteiger charge is -2.37. The van der Waals surface area contributed by atoms with Crippen LogP contribution in [0.1, 0.15) is 11.1 Å². The Morgan fingerprint density at radius 1 is 0.972 bits per heavy atom. The molecule has 3 aromatic carbocycles. The number of amides is 1. The number of benzene rings is 3. The number of para-hydroxylation sites is 1. The normalized spacial score (nSPS) is 14.4. The Balaban J connectivity index is 1.53. The molecule has 0 spiro atoms. The first-order valence-corrected chi connectivity index (χ1v) is 13.6. The van der Waals surface area contributed by atoms with Gasteiger partial charge in [0.05, 0.1) is 17.1 Å². The van der Waals surface area contributed by atoms with E-state index in [-0.39, 0.29) is 29.7 Å². The number of anilines is 1. The number of nitrogens with zero attached hydrogens (tertiary/aromatic N) is 3. The fraction of sp³-hybridized carbons (Fsp3) is 0.269. The summed E-state index contributed by atoms with van der Waals surface area (Å²) in [6, 6.07) is 17.8. The van der Waals surface area contributed by atoms with Gasteiger partial charge < -0.3 is 9.80 Å². The highest BCUT2D eigenvalue weighted by Gasteiger charge is 2.31. The molecule has 4 rings (SSSR count). The first-order valence-electron chi connectivity index (χ1n) is 11.4. The van der Waals surface area contributed by atoms with Crippen LogP contribution in [0.3, 0.4) is 0 Å². The van der Waals surface area contributed by atoms with E-state index in [1.54, 1.807) is 53.4 Å². The molecule has 3 aromatic rings. The molecular weight excluding hydrogens is 524 g/mol. The summed E-state index contributed by atoms with van der Waals surface area (Å²) in [5, 5.41) is 0.748. The van der Waals surface area contributed by atoms with Crippen LogP contribution in [0.25, 0.3) is 0 Å². The van der Waals surface area contributed by atoms with E-state index in [0.717, 1.165) is 9.87 Å². The summed E-state index contributed by atoms with van der Waals surface area (Å²) >= 11 is 12.3. The minimum absolute atomic E-state index is 0.0901. The SMILES string of the molecule is Cc1ccc(S(=O)(=O)N(CC(=O)N2CCN(c3ccccc3F)CC2)Cc2ccc(Cl)cc2Cl)cc1. The Morgan fingerprint density at radius 3 is 2.28 bits per heavy atom. The van der Waals surface area contributed by atoms with Crippen molar-refractivity contribution in [3.05, 3.63) is 93.7 Å². The zero-order chi connectivity index (χ0) is 25.9. The Hall–Kier alpha value is -2.65. The molecule has 0 atom stereocenters. The molecule has 6 nitrogen and oxygen atoms in total. The maximum atomic E-state index is 14.2. The van der Waals surface area contributed by atoms with Crippen molar-refractivity contribution in [2.45, 2.75) is 18.4 Å². The molecule has 0 saturated carbocycles. The first kappa shape index (κ1) is 26.4. The molecule has 0 unspecified atom stereocenters. The number of carbonyl (C=O) groups excluding carboxylic acids is 1. The summed E-state index contributed by atoms with van der Waals surface area (Å²) < 4.78 is 42.4. The van der Waals surface area contributed by atoms with E-state index < -0.39 is 10.0 Å². The summed E-state index contributed by atoms with van der Waals surface area (Å²) in [6.07, 6.45) is 0. The predicted molar refractivity (Wildman–Crippen MR) is 140 cm³/mol. The third kappa shape index (κ3) is 6.00. The van der Waals surface area contributed by atoms with E-state index in [9.17, 15) is 17.6 Å². The van der Waals surface area contributed by atoms with Gasteiger partial charge in [-0.05, 0) is 48.9 Å². The van der Waals surface area contributed by atoms with Gasteiger partial charge in [-0.15, -0.1) is 0 Å². The van der Waals surface area contributed by atoms with Crippen LogP contribution in [0.5, 0.6) is 0 Å². The topological polar surface area (TPSA) is 60.9 Å². The molecule has 0 radical (unpaired) electrons. The standard InChI is InChI=1S/C26H26Cl2FN3O3S/c1-19-6-10-22(11-7-19)36(34,35)32(17-20-8-9-21(27)16-23(20)28)18-26(33)31-14-12-30(13-15-31)25-5-3-2-4-24(25)29/h2-11,16H,12-15,17-18H2,1H3. The summed E-state index contributed by atoms with van der Waals surface area (Å²) in [7, 11) is -4.00. The van der Waals surface area contributed by atoms with Crippen LogP contribution in [0.4, 0.5) is 10.1 Å². The molecule has 0 aromatic heterocycles. The number of hydrogen-bond acceptors (Lipinski definition) is 4. The molecule has 36 heavy (non-hydrogen) atoms. The summed E-state index contributed by atoms with van der Waals surface area (Å²) in [4.78, 5) is 16.8. The van der Waals surface area contributed by atoms with Gasteiger partial charge in [0.2, 0.25) is 15.9 Å². The molecule has 1 aliphatic rings. The minimum atomic E-state index is -4.00. The number of aryl methyl sites for hydroxylation is 1. The molecule has 1 heterocycles. The summed E-state index contributed by atoms with van der Waals surface area (Å²) in [5.74, 6) is -0.642. The number of rotatable bonds is 7. The van der Waals surface area contributed by atoms with Gasteiger partial charge in [0, 0.05) is 42.8 Å². The highest BCUT2D eigenvalue weighted by Crippen LogP contribution is 2.26. The Bertz CT molecular complexity index is 1340. The number of halogens is 3. The number of carbonyl (C=O) groups is 1. The second kappa shape index (κ2) is 11.2.